The first-order chi connectivity index (χ1) is 11.4. The molecule has 1 amide bonds. The number of rotatable bonds is 4. The van der Waals surface area contributed by atoms with Gasteiger partial charge in [0.2, 0.25) is 5.91 Å². The van der Waals surface area contributed by atoms with Gasteiger partial charge in [0.15, 0.2) is 0 Å². The number of nitrogens with one attached hydrogen (secondary N) is 1. The van der Waals surface area contributed by atoms with Crippen molar-refractivity contribution in [2.24, 2.45) is 5.41 Å². The molecule has 3 rings (SSSR count). The van der Waals surface area contributed by atoms with Crippen LogP contribution in [0.15, 0.2) is 48.5 Å². The van der Waals surface area contributed by atoms with E-state index in [2.05, 4.69) is 5.32 Å². The molecule has 0 saturated carbocycles. The molecule has 126 valence electrons. The van der Waals surface area contributed by atoms with Crippen molar-refractivity contribution in [2.45, 2.75) is 33.3 Å². The van der Waals surface area contributed by atoms with E-state index in [1.165, 1.54) is 0 Å². The highest BCUT2D eigenvalue weighted by atomic mass is 16.5. The molecule has 0 fully saturated rings. The standard InChI is InChI=1S/C20H23NO3/c1-20(2,3)19(22)21-13-17-12-14-11-16(9-10-18(14)24-17)23-15-7-5-4-6-8-15/h4-11,17H,12-13H2,1-3H3,(H,21,22)/t17-/m1/s1. The zero-order valence-corrected chi connectivity index (χ0v) is 14.3. The van der Waals surface area contributed by atoms with Gasteiger partial charge in [-0.15, -0.1) is 0 Å². The van der Waals surface area contributed by atoms with E-state index in [0.29, 0.717) is 6.54 Å². The summed E-state index contributed by atoms with van der Waals surface area (Å²) in [5.74, 6) is 2.51. The molecule has 2 aromatic carbocycles. The van der Waals surface area contributed by atoms with Crippen molar-refractivity contribution in [3.63, 3.8) is 0 Å². The molecule has 0 aromatic heterocycles. The highest BCUT2D eigenvalue weighted by Gasteiger charge is 2.26. The Balaban J connectivity index is 1.60. The lowest BCUT2D eigenvalue weighted by molar-refractivity contribution is -0.128. The average molecular weight is 325 g/mol. The Bertz CT molecular complexity index is 719. The highest BCUT2D eigenvalue weighted by molar-refractivity contribution is 5.81. The molecule has 4 heteroatoms. The van der Waals surface area contributed by atoms with Crippen LogP contribution < -0.4 is 14.8 Å². The van der Waals surface area contributed by atoms with Gasteiger partial charge in [0.1, 0.15) is 23.4 Å². The van der Waals surface area contributed by atoms with Crippen LogP contribution in [0.1, 0.15) is 26.3 Å². The summed E-state index contributed by atoms with van der Waals surface area (Å²) >= 11 is 0. The largest absolute Gasteiger partial charge is 0.488 e. The summed E-state index contributed by atoms with van der Waals surface area (Å²) in [4.78, 5) is 12.0. The normalized spacial score (nSPS) is 16.2. The van der Waals surface area contributed by atoms with Crippen molar-refractivity contribution in [3.05, 3.63) is 54.1 Å². The molecule has 1 aliphatic heterocycles. The number of fused-ring (bicyclic) bond motifs is 1. The zero-order valence-electron chi connectivity index (χ0n) is 14.3. The summed E-state index contributed by atoms with van der Waals surface area (Å²) in [6.07, 6.45) is 0.740. The number of carbonyl (C=O) groups excluding carboxylic acids is 1. The molecule has 0 saturated heterocycles. The van der Waals surface area contributed by atoms with Crippen molar-refractivity contribution >= 4 is 5.91 Å². The molecule has 1 atom stereocenters. The molecule has 0 aliphatic carbocycles. The molecule has 0 spiro atoms. The number of ether oxygens (including phenoxy) is 2. The Morgan fingerprint density at radius 1 is 1.17 bits per heavy atom. The lowest BCUT2D eigenvalue weighted by Crippen LogP contribution is -2.40. The van der Waals surface area contributed by atoms with Crippen LogP contribution >= 0.6 is 0 Å². The van der Waals surface area contributed by atoms with Gasteiger partial charge in [-0.25, -0.2) is 0 Å². The molecule has 24 heavy (non-hydrogen) atoms. The Labute approximate surface area is 142 Å². The first kappa shape index (κ1) is 16.4. The zero-order chi connectivity index (χ0) is 17.2. The number of benzene rings is 2. The molecule has 1 aliphatic rings. The number of carbonyl (C=O) groups is 1. The topological polar surface area (TPSA) is 47.6 Å². The van der Waals surface area contributed by atoms with Gasteiger partial charge in [-0.1, -0.05) is 39.0 Å². The molecular weight excluding hydrogens is 302 g/mol. The van der Waals surface area contributed by atoms with Crippen molar-refractivity contribution < 1.29 is 14.3 Å². The van der Waals surface area contributed by atoms with Gasteiger partial charge in [0, 0.05) is 17.4 Å². The van der Waals surface area contributed by atoms with Gasteiger partial charge in [0.25, 0.3) is 0 Å². The number of hydrogen-bond acceptors (Lipinski definition) is 3. The Kier molecular flexibility index (Phi) is 4.47. The van der Waals surface area contributed by atoms with Gasteiger partial charge in [-0.3, -0.25) is 4.79 Å². The first-order valence-electron chi connectivity index (χ1n) is 8.22. The van der Waals surface area contributed by atoms with E-state index in [1.807, 2.05) is 69.3 Å². The highest BCUT2D eigenvalue weighted by Crippen LogP contribution is 2.33. The van der Waals surface area contributed by atoms with E-state index >= 15 is 0 Å². The lowest BCUT2D eigenvalue weighted by Gasteiger charge is -2.19. The second-order valence-electron chi connectivity index (χ2n) is 7.09. The minimum absolute atomic E-state index is 0.0294. The third-order valence-corrected chi connectivity index (χ3v) is 3.92. The predicted octanol–water partition coefficient (Wildman–Crippen LogP) is 3.94. The van der Waals surface area contributed by atoms with E-state index in [1.54, 1.807) is 0 Å². The van der Waals surface area contributed by atoms with E-state index < -0.39 is 0 Å². The molecule has 2 aromatic rings. The van der Waals surface area contributed by atoms with Crippen LogP contribution in [0.5, 0.6) is 17.2 Å². The summed E-state index contributed by atoms with van der Waals surface area (Å²) in [5.41, 5.74) is 0.723. The predicted molar refractivity (Wildman–Crippen MR) is 93.5 cm³/mol. The van der Waals surface area contributed by atoms with Crippen molar-refractivity contribution in [3.8, 4) is 17.2 Å². The minimum atomic E-state index is -0.387. The fraction of sp³-hybridized carbons (Fsp3) is 0.350. The van der Waals surface area contributed by atoms with E-state index in [0.717, 1.165) is 29.2 Å². The van der Waals surface area contributed by atoms with Gasteiger partial charge in [0.05, 0.1) is 6.54 Å². The quantitative estimate of drug-likeness (QED) is 0.926. The molecular formula is C20H23NO3. The van der Waals surface area contributed by atoms with Crippen LogP contribution in [-0.4, -0.2) is 18.6 Å². The van der Waals surface area contributed by atoms with E-state index in [4.69, 9.17) is 9.47 Å². The fourth-order valence-electron chi connectivity index (χ4n) is 2.57. The van der Waals surface area contributed by atoms with E-state index in [9.17, 15) is 4.79 Å². The van der Waals surface area contributed by atoms with E-state index in [-0.39, 0.29) is 17.4 Å². The first-order valence-corrected chi connectivity index (χ1v) is 8.22. The Morgan fingerprint density at radius 2 is 1.92 bits per heavy atom. The lowest BCUT2D eigenvalue weighted by atomic mass is 9.95. The molecule has 0 radical (unpaired) electrons. The van der Waals surface area contributed by atoms with Gasteiger partial charge in [-0.2, -0.15) is 0 Å². The maximum atomic E-state index is 12.0. The molecule has 1 heterocycles. The van der Waals surface area contributed by atoms with Crippen molar-refractivity contribution in [2.75, 3.05) is 6.54 Å². The monoisotopic (exact) mass is 325 g/mol. The van der Waals surface area contributed by atoms with Crippen LogP contribution in [0.3, 0.4) is 0 Å². The Morgan fingerprint density at radius 3 is 2.62 bits per heavy atom. The maximum absolute atomic E-state index is 12.0. The number of para-hydroxylation sites is 1. The van der Waals surface area contributed by atoms with Crippen molar-refractivity contribution in [1.82, 2.24) is 5.32 Å². The van der Waals surface area contributed by atoms with Gasteiger partial charge in [-0.05, 0) is 30.3 Å². The van der Waals surface area contributed by atoms with Crippen LogP contribution in [0.2, 0.25) is 0 Å². The third-order valence-electron chi connectivity index (χ3n) is 3.92. The summed E-state index contributed by atoms with van der Waals surface area (Å²) in [7, 11) is 0. The average Bonchev–Trinajstić information content (AvgIpc) is 2.94. The summed E-state index contributed by atoms with van der Waals surface area (Å²) in [5, 5.41) is 2.96. The van der Waals surface area contributed by atoms with Gasteiger partial charge >= 0.3 is 0 Å². The maximum Gasteiger partial charge on any atom is 0.225 e. The summed E-state index contributed by atoms with van der Waals surface area (Å²) in [6.45, 7) is 6.22. The van der Waals surface area contributed by atoms with Crippen LogP contribution in [0, 0.1) is 5.41 Å². The number of hydrogen-bond donors (Lipinski definition) is 1. The molecule has 0 bridgehead atoms. The third kappa shape index (κ3) is 3.88. The smallest absolute Gasteiger partial charge is 0.225 e. The van der Waals surface area contributed by atoms with Crippen molar-refractivity contribution in [1.29, 1.82) is 0 Å². The minimum Gasteiger partial charge on any atom is -0.488 e. The fourth-order valence-corrected chi connectivity index (χ4v) is 2.57. The SMILES string of the molecule is CC(C)(C)C(=O)NC[C@H]1Cc2cc(Oc3ccccc3)ccc2O1. The second-order valence-corrected chi connectivity index (χ2v) is 7.09. The molecule has 1 N–H and O–H groups in total. The van der Waals surface area contributed by atoms with Gasteiger partial charge < -0.3 is 14.8 Å². The molecule has 4 nitrogen and oxygen atoms in total. The summed E-state index contributed by atoms with van der Waals surface area (Å²) < 4.78 is 11.8. The van der Waals surface area contributed by atoms with Crippen LogP contribution in [0.4, 0.5) is 0 Å². The number of amides is 1. The van der Waals surface area contributed by atoms with Crippen LogP contribution in [0.25, 0.3) is 0 Å². The molecule has 0 unspecified atom stereocenters. The van der Waals surface area contributed by atoms with Crippen LogP contribution in [-0.2, 0) is 11.2 Å². The second kappa shape index (κ2) is 6.56. The summed E-state index contributed by atoms with van der Waals surface area (Å²) in [6, 6.07) is 15.5. The Hall–Kier alpha value is -2.49.